The van der Waals surface area contributed by atoms with Crippen molar-refractivity contribution in [2.45, 2.75) is 45.2 Å². The van der Waals surface area contributed by atoms with Crippen LogP contribution in [-0.2, 0) is 0 Å². The van der Waals surface area contributed by atoms with Gasteiger partial charge in [0.05, 0.1) is 0 Å². The summed E-state index contributed by atoms with van der Waals surface area (Å²) in [4.78, 5) is 4.94. The van der Waals surface area contributed by atoms with Crippen molar-refractivity contribution >= 4 is 0 Å². The molecule has 2 N–H and O–H groups in total. The molecular formula is C13H29N3. The van der Waals surface area contributed by atoms with Gasteiger partial charge in [-0.3, -0.25) is 4.90 Å². The third-order valence-corrected chi connectivity index (χ3v) is 4.19. The molecule has 0 amide bonds. The number of piperidine rings is 1. The van der Waals surface area contributed by atoms with Gasteiger partial charge in [0.1, 0.15) is 0 Å². The smallest absolute Gasteiger partial charge is 0.0355 e. The highest BCUT2D eigenvalue weighted by atomic mass is 15.2. The Morgan fingerprint density at radius 3 is 2.56 bits per heavy atom. The van der Waals surface area contributed by atoms with Crippen LogP contribution in [-0.4, -0.2) is 55.1 Å². The van der Waals surface area contributed by atoms with Crippen LogP contribution in [0.4, 0.5) is 0 Å². The van der Waals surface area contributed by atoms with Gasteiger partial charge in [-0.05, 0) is 46.3 Å². The Morgan fingerprint density at radius 1 is 1.50 bits per heavy atom. The van der Waals surface area contributed by atoms with E-state index in [9.17, 15) is 0 Å². The van der Waals surface area contributed by atoms with E-state index >= 15 is 0 Å². The van der Waals surface area contributed by atoms with Crippen LogP contribution in [0.1, 0.15) is 33.6 Å². The quantitative estimate of drug-likeness (QED) is 0.788. The molecule has 0 aromatic rings. The first-order valence-corrected chi connectivity index (χ1v) is 6.53. The molecule has 1 rings (SSSR count). The maximum Gasteiger partial charge on any atom is 0.0355 e. The third-order valence-electron chi connectivity index (χ3n) is 4.19. The maximum atomic E-state index is 6.06. The third kappa shape index (κ3) is 2.96. The van der Waals surface area contributed by atoms with Gasteiger partial charge in [-0.15, -0.1) is 0 Å². The molecule has 1 saturated heterocycles. The lowest BCUT2D eigenvalue weighted by Gasteiger charge is -2.49. The van der Waals surface area contributed by atoms with Crippen LogP contribution in [0, 0.1) is 5.92 Å². The Morgan fingerprint density at radius 2 is 2.12 bits per heavy atom. The summed E-state index contributed by atoms with van der Waals surface area (Å²) in [6, 6.07) is 0.645. The Balaban J connectivity index is 2.70. The zero-order chi connectivity index (χ0) is 12.3. The molecule has 1 aliphatic rings. The summed E-state index contributed by atoms with van der Waals surface area (Å²) in [5.41, 5.74) is 6.29. The molecule has 3 nitrogen and oxygen atoms in total. The van der Waals surface area contributed by atoms with E-state index in [1.165, 1.54) is 19.4 Å². The minimum Gasteiger partial charge on any atom is -0.329 e. The fourth-order valence-corrected chi connectivity index (χ4v) is 2.84. The Hall–Kier alpha value is -0.120. The Labute approximate surface area is 101 Å². The van der Waals surface area contributed by atoms with E-state index in [1.807, 2.05) is 0 Å². The summed E-state index contributed by atoms with van der Waals surface area (Å²) in [5.74, 6) is 0.711. The second kappa shape index (κ2) is 5.48. The van der Waals surface area contributed by atoms with Crippen molar-refractivity contribution in [3.63, 3.8) is 0 Å². The van der Waals surface area contributed by atoms with Gasteiger partial charge in [0.2, 0.25) is 0 Å². The Bertz CT molecular complexity index is 217. The van der Waals surface area contributed by atoms with Crippen LogP contribution in [0.15, 0.2) is 0 Å². The molecule has 0 saturated carbocycles. The van der Waals surface area contributed by atoms with Crippen LogP contribution < -0.4 is 5.73 Å². The van der Waals surface area contributed by atoms with E-state index in [2.05, 4.69) is 44.7 Å². The number of hydrogen-bond donors (Lipinski definition) is 1. The minimum absolute atomic E-state index is 0.232. The van der Waals surface area contributed by atoms with Crippen LogP contribution in [0.5, 0.6) is 0 Å². The number of likely N-dealkylation sites (tertiary alicyclic amines) is 1. The summed E-state index contributed by atoms with van der Waals surface area (Å²) in [6.07, 6.45) is 2.40. The summed E-state index contributed by atoms with van der Waals surface area (Å²) in [5, 5.41) is 0. The molecule has 2 atom stereocenters. The summed E-state index contributed by atoms with van der Waals surface area (Å²) in [6.45, 7) is 9.97. The molecule has 3 heteroatoms. The van der Waals surface area contributed by atoms with Gasteiger partial charge in [0.25, 0.3) is 0 Å². The molecular weight excluding hydrogens is 198 g/mol. The molecule has 0 spiro atoms. The van der Waals surface area contributed by atoms with Crippen molar-refractivity contribution in [3.05, 3.63) is 0 Å². The van der Waals surface area contributed by atoms with Crippen molar-refractivity contribution < 1.29 is 0 Å². The topological polar surface area (TPSA) is 32.5 Å². The van der Waals surface area contributed by atoms with E-state index < -0.39 is 0 Å². The van der Waals surface area contributed by atoms with Gasteiger partial charge in [0, 0.05) is 24.7 Å². The van der Waals surface area contributed by atoms with E-state index in [0.717, 1.165) is 13.1 Å². The zero-order valence-electron chi connectivity index (χ0n) is 11.7. The normalized spacial score (nSPS) is 32.6. The molecule has 2 unspecified atom stereocenters. The zero-order valence-corrected chi connectivity index (χ0v) is 11.7. The van der Waals surface area contributed by atoms with Crippen molar-refractivity contribution in [1.82, 2.24) is 9.80 Å². The Kier molecular flexibility index (Phi) is 4.77. The fraction of sp³-hybridized carbons (Fsp3) is 1.00. The molecule has 0 bridgehead atoms. The lowest BCUT2D eigenvalue weighted by Crippen LogP contribution is -2.60. The predicted molar refractivity (Wildman–Crippen MR) is 70.6 cm³/mol. The first kappa shape index (κ1) is 13.9. The van der Waals surface area contributed by atoms with Gasteiger partial charge in [-0.1, -0.05) is 13.8 Å². The standard InChI is InChI=1S/C13H29N3/c1-11(2)9-16(5)13(10-14)6-7-15(4)12(3)8-13/h11-12H,6-10,14H2,1-5H3. The lowest BCUT2D eigenvalue weighted by molar-refractivity contribution is 0.0207. The molecule has 1 aliphatic heterocycles. The minimum atomic E-state index is 0.232. The monoisotopic (exact) mass is 227 g/mol. The molecule has 1 heterocycles. The van der Waals surface area contributed by atoms with E-state index in [1.54, 1.807) is 0 Å². The molecule has 0 aromatic carbocycles. The SMILES string of the molecule is CC(C)CN(C)C1(CN)CCN(C)C(C)C1. The molecule has 1 fully saturated rings. The second-order valence-electron chi connectivity index (χ2n) is 5.99. The highest BCUT2D eigenvalue weighted by Crippen LogP contribution is 2.30. The number of nitrogens with zero attached hydrogens (tertiary/aromatic N) is 2. The summed E-state index contributed by atoms with van der Waals surface area (Å²) in [7, 11) is 4.46. The van der Waals surface area contributed by atoms with Gasteiger partial charge >= 0.3 is 0 Å². The van der Waals surface area contributed by atoms with Gasteiger partial charge < -0.3 is 10.6 Å². The van der Waals surface area contributed by atoms with Gasteiger partial charge in [0.15, 0.2) is 0 Å². The fourth-order valence-electron chi connectivity index (χ4n) is 2.84. The number of rotatable bonds is 4. The summed E-state index contributed by atoms with van der Waals surface area (Å²) < 4.78 is 0. The highest BCUT2D eigenvalue weighted by Gasteiger charge is 2.39. The van der Waals surface area contributed by atoms with Crippen LogP contribution in [0.3, 0.4) is 0 Å². The molecule has 16 heavy (non-hydrogen) atoms. The van der Waals surface area contributed by atoms with Gasteiger partial charge in [-0.2, -0.15) is 0 Å². The van der Waals surface area contributed by atoms with E-state index in [0.29, 0.717) is 12.0 Å². The van der Waals surface area contributed by atoms with E-state index in [-0.39, 0.29) is 5.54 Å². The average molecular weight is 227 g/mol. The molecule has 96 valence electrons. The van der Waals surface area contributed by atoms with Crippen molar-refractivity contribution in [3.8, 4) is 0 Å². The molecule has 0 radical (unpaired) electrons. The predicted octanol–water partition coefficient (Wildman–Crippen LogP) is 1.39. The van der Waals surface area contributed by atoms with E-state index in [4.69, 9.17) is 5.73 Å². The average Bonchev–Trinajstić information content (AvgIpc) is 2.21. The first-order valence-electron chi connectivity index (χ1n) is 6.53. The van der Waals surface area contributed by atoms with Crippen molar-refractivity contribution in [2.24, 2.45) is 11.7 Å². The van der Waals surface area contributed by atoms with Crippen LogP contribution >= 0.6 is 0 Å². The number of hydrogen-bond acceptors (Lipinski definition) is 3. The van der Waals surface area contributed by atoms with Crippen LogP contribution in [0.2, 0.25) is 0 Å². The number of likely N-dealkylation sites (N-methyl/N-ethyl adjacent to an activating group) is 1. The second-order valence-corrected chi connectivity index (χ2v) is 5.99. The van der Waals surface area contributed by atoms with Gasteiger partial charge in [-0.25, -0.2) is 0 Å². The highest BCUT2D eigenvalue weighted by molar-refractivity contribution is 4.97. The largest absolute Gasteiger partial charge is 0.329 e. The number of nitrogens with two attached hydrogens (primary N) is 1. The van der Waals surface area contributed by atoms with Crippen molar-refractivity contribution in [2.75, 3.05) is 33.7 Å². The summed E-state index contributed by atoms with van der Waals surface area (Å²) >= 11 is 0. The molecule has 0 aliphatic carbocycles. The molecule has 0 aromatic heterocycles. The van der Waals surface area contributed by atoms with Crippen molar-refractivity contribution in [1.29, 1.82) is 0 Å². The van der Waals surface area contributed by atoms with Crippen LogP contribution in [0.25, 0.3) is 0 Å². The maximum absolute atomic E-state index is 6.06. The first-order chi connectivity index (χ1) is 7.41. The lowest BCUT2D eigenvalue weighted by atomic mass is 9.82.